The van der Waals surface area contributed by atoms with E-state index in [1.165, 1.54) is 5.56 Å². The summed E-state index contributed by atoms with van der Waals surface area (Å²) in [5.74, 6) is -4.28. The molecule has 1 heterocycles. The number of carboxylic acid groups (broad SMARTS) is 2. The van der Waals surface area contributed by atoms with Crippen molar-refractivity contribution in [2.75, 3.05) is 11.4 Å². The second kappa shape index (κ2) is 11.9. The van der Waals surface area contributed by atoms with Crippen LogP contribution in [0.25, 0.3) is 0 Å². The van der Waals surface area contributed by atoms with E-state index in [1.807, 2.05) is 28.5 Å². The van der Waals surface area contributed by atoms with Gasteiger partial charge in [0.2, 0.25) is 5.91 Å². The number of carbonyl (C=O) groups is 3. The topological polar surface area (TPSA) is 113 Å². The van der Waals surface area contributed by atoms with Crippen LogP contribution in [0.3, 0.4) is 0 Å². The minimum atomic E-state index is -2.19. The largest absolute Gasteiger partial charge is 0.543 e. The van der Waals surface area contributed by atoms with Crippen molar-refractivity contribution in [3.8, 4) is 0 Å². The molecule has 7 nitrogen and oxygen atoms in total. The van der Waals surface area contributed by atoms with E-state index in [0.717, 1.165) is 11.4 Å². The number of thiophene rings is 1. The minimum absolute atomic E-state index is 0.0896. The summed E-state index contributed by atoms with van der Waals surface area (Å²) in [6.45, 7) is 6.63. The van der Waals surface area contributed by atoms with Crippen LogP contribution in [0.2, 0.25) is 0 Å². The Morgan fingerprint density at radius 1 is 1.00 bits per heavy atom. The van der Waals surface area contributed by atoms with Gasteiger partial charge in [-0.1, -0.05) is 30.3 Å². The molecule has 1 N–H and O–H groups in total. The highest BCUT2D eigenvalue weighted by molar-refractivity contribution is 7.14. The van der Waals surface area contributed by atoms with Crippen LogP contribution in [0.4, 0.5) is 5.00 Å². The molecule has 0 aliphatic heterocycles. The number of benzene rings is 1. The van der Waals surface area contributed by atoms with E-state index in [4.69, 9.17) is 19.8 Å². The van der Waals surface area contributed by atoms with Gasteiger partial charge in [0, 0.05) is 25.6 Å². The Kier molecular flexibility index (Phi) is 9.91. The number of hydrogen-bond acceptors (Lipinski definition) is 7. The van der Waals surface area contributed by atoms with E-state index in [2.05, 4.69) is 43.4 Å². The number of carbonyl (C=O) groups excluding carboxylic acids is 3. The van der Waals surface area contributed by atoms with Gasteiger partial charge in [-0.2, -0.15) is 0 Å². The van der Waals surface area contributed by atoms with Crippen LogP contribution in [0, 0.1) is 0 Å². The summed E-state index contributed by atoms with van der Waals surface area (Å²) in [4.78, 5) is 31.6. The first-order valence-electron chi connectivity index (χ1n) is 8.74. The van der Waals surface area contributed by atoms with Crippen molar-refractivity contribution < 1.29 is 24.6 Å². The molecule has 0 fully saturated rings. The Hall–Kier alpha value is -2.71. The van der Waals surface area contributed by atoms with Gasteiger partial charge < -0.3 is 30.0 Å². The van der Waals surface area contributed by atoms with Crippen LogP contribution in [0.15, 0.2) is 47.8 Å². The third-order valence-electron chi connectivity index (χ3n) is 3.73. The second-order valence-electron chi connectivity index (χ2n) is 6.31. The molecule has 2 unspecified atom stereocenters. The number of aliphatic carboxylic acids is 2. The lowest BCUT2D eigenvalue weighted by Crippen LogP contribution is -2.45. The maximum atomic E-state index is 11.9. The first kappa shape index (κ1) is 23.3. The van der Waals surface area contributed by atoms with Gasteiger partial charge in [0.1, 0.15) is 0 Å². The van der Waals surface area contributed by atoms with Crippen molar-refractivity contribution >= 4 is 34.2 Å². The summed E-state index contributed by atoms with van der Waals surface area (Å²) >= 11 is 1.60. The molecule has 8 heteroatoms. The Labute approximate surface area is 168 Å². The fraction of sp³-hybridized carbons (Fsp3) is 0.350. The van der Waals surface area contributed by atoms with Crippen molar-refractivity contribution in [1.29, 1.82) is 0 Å². The normalized spacial score (nSPS) is 12.2. The van der Waals surface area contributed by atoms with E-state index in [0.29, 0.717) is 12.6 Å². The molecule has 28 heavy (non-hydrogen) atoms. The Morgan fingerprint density at radius 2 is 1.61 bits per heavy atom. The lowest BCUT2D eigenvalue weighted by atomic mass is 10.1. The van der Waals surface area contributed by atoms with E-state index in [-0.39, 0.29) is 11.9 Å². The van der Waals surface area contributed by atoms with E-state index in [1.54, 1.807) is 18.3 Å². The Morgan fingerprint density at radius 3 is 2.07 bits per heavy atom. The van der Waals surface area contributed by atoms with Crippen molar-refractivity contribution in [1.82, 2.24) is 5.32 Å². The van der Waals surface area contributed by atoms with Gasteiger partial charge in [-0.25, -0.2) is 0 Å². The van der Waals surface area contributed by atoms with E-state index < -0.39 is 11.9 Å². The smallest absolute Gasteiger partial charge is 0.224 e. The molecule has 0 aliphatic carbocycles. The number of carboxylic acids is 2. The van der Waals surface area contributed by atoms with Gasteiger partial charge in [0.25, 0.3) is 0 Å². The van der Waals surface area contributed by atoms with Crippen LogP contribution in [0.1, 0.15) is 26.3 Å². The molecule has 2 aromatic rings. The zero-order valence-electron chi connectivity index (χ0n) is 16.1. The summed E-state index contributed by atoms with van der Waals surface area (Å²) < 4.78 is 0. The SMILES string of the molecule is CC(=O)N(CC(C)NC(C)Cc1ccccc1)c1cccs1.O=C([O-])C(=O)[O-]. The van der Waals surface area contributed by atoms with Crippen molar-refractivity contribution in [2.24, 2.45) is 0 Å². The van der Waals surface area contributed by atoms with Gasteiger partial charge in [-0.15, -0.1) is 11.3 Å². The average molecular weight is 404 g/mol. The van der Waals surface area contributed by atoms with Gasteiger partial charge >= 0.3 is 0 Å². The van der Waals surface area contributed by atoms with Gasteiger partial charge in [-0.3, -0.25) is 4.79 Å². The number of hydrogen-bond donors (Lipinski definition) is 1. The number of amides is 1. The summed E-state index contributed by atoms with van der Waals surface area (Å²) in [6.07, 6.45) is 0.990. The molecule has 0 radical (unpaired) electrons. The lowest BCUT2D eigenvalue weighted by Gasteiger charge is -2.26. The predicted molar refractivity (Wildman–Crippen MR) is 105 cm³/mol. The van der Waals surface area contributed by atoms with Crippen molar-refractivity contribution in [3.05, 3.63) is 53.4 Å². The van der Waals surface area contributed by atoms with Gasteiger partial charge in [-0.05, 0) is 43.3 Å². The second-order valence-corrected chi connectivity index (χ2v) is 7.24. The Bertz CT molecular complexity index is 737. The van der Waals surface area contributed by atoms with Crippen LogP contribution in [-0.4, -0.2) is 36.5 Å². The lowest BCUT2D eigenvalue weighted by molar-refractivity contribution is -0.345. The number of rotatable bonds is 7. The summed E-state index contributed by atoms with van der Waals surface area (Å²) in [7, 11) is 0. The highest BCUT2D eigenvalue weighted by atomic mass is 32.1. The molecule has 1 aromatic heterocycles. The van der Waals surface area contributed by atoms with E-state index in [9.17, 15) is 4.79 Å². The molecule has 0 saturated heterocycles. The first-order chi connectivity index (χ1) is 13.2. The molecule has 0 bridgehead atoms. The maximum absolute atomic E-state index is 11.9. The fourth-order valence-corrected chi connectivity index (χ4v) is 3.42. The zero-order valence-corrected chi connectivity index (χ0v) is 16.9. The quantitative estimate of drug-likeness (QED) is 0.660. The molecule has 0 spiro atoms. The Balaban J connectivity index is 0.000000568. The molecule has 1 aromatic carbocycles. The van der Waals surface area contributed by atoms with Gasteiger partial charge in [0.15, 0.2) is 0 Å². The minimum Gasteiger partial charge on any atom is -0.543 e. The van der Waals surface area contributed by atoms with Crippen LogP contribution in [0.5, 0.6) is 0 Å². The molecule has 0 saturated carbocycles. The molecular weight excluding hydrogens is 380 g/mol. The third kappa shape index (κ3) is 8.79. The summed E-state index contributed by atoms with van der Waals surface area (Å²) in [5, 5.41) is 24.5. The van der Waals surface area contributed by atoms with Gasteiger partial charge in [0.05, 0.1) is 16.9 Å². The monoisotopic (exact) mass is 404 g/mol. The maximum Gasteiger partial charge on any atom is 0.224 e. The fourth-order valence-electron chi connectivity index (χ4n) is 2.64. The highest BCUT2D eigenvalue weighted by Gasteiger charge is 2.17. The van der Waals surface area contributed by atoms with Crippen molar-refractivity contribution in [3.63, 3.8) is 0 Å². The molecular formula is C20H24N2O5S-2. The van der Waals surface area contributed by atoms with Crippen molar-refractivity contribution in [2.45, 2.75) is 39.3 Å². The number of nitrogens with zero attached hydrogens (tertiary/aromatic N) is 1. The zero-order chi connectivity index (χ0) is 21.1. The number of nitrogens with one attached hydrogen (secondary N) is 1. The van der Waals surface area contributed by atoms with Crippen LogP contribution < -0.4 is 20.4 Å². The predicted octanol–water partition coefficient (Wildman–Crippen LogP) is 0.197. The molecule has 1 amide bonds. The average Bonchev–Trinajstić information content (AvgIpc) is 3.14. The summed E-state index contributed by atoms with van der Waals surface area (Å²) in [5.41, 5.74) is 1.33. The first-order valence-corrected chi connectivity index (χ1v) is 9.62. The van der Waals surface area contributed by atoms with E-state index >= 15 is 0 Å². The summed E-state index contributed by atoms with van der Waals surface area (Å²) in [6, 6.07) is 15.1. The van der Waals surface area contributed by atoms with Crippen LogP contribution in [-0.2, 0) is 20.8 Å². The third-order valence-corrected chi connectivity index (χ3v) is 4.62. The highest BCUT2D eigenvalue weighted by Crippen LogP contribution is 2.21. The molecule has 2 rings (SSSR count). The van der Waals surface area contributed by atoms with Crippen LogP contribution >= 0.6 is 11.3 Å². The molecule has 152 valence electrons. The molecule has 2 atom stereocenters. The number of anilines is 1. The standard InChI is InChI=1S/C18H24N2OS.C2H2O4/c1-14(12-17-8-5-4-6-9-17)19-15(2)13-20(16(3)21)18-10-7-11-22-18;3-1(4)2(5)6/h4-11,14-15,19H,12-13H2,1-3H3;(H,3,4)(H,5,6)/p-2. The molecule has 0 aliphatic rings.